The Morgan fingerprint density at radius 1 is 1.42 bits per heavy atom. The number of hydrogen-bond donors (Lipinski definition) is 1. The average molecular weight is 263 g/mol. The summed E-state index contributed by atoms with van der Waals surface area (Å²) in [7, 11) is 1.76. The number of likely N-dealkylation sites (tertiary alicyclic amines) is 1. The van der Waals surface area contributed by atoms with Crippen molar-refractivity contribution in [1.29, 1.82) is 0 Å². The number of rotatable bonds is 4. The fraction of sp³-hybridized carbons (Fsp3) is 0.533. The van der Waals surface area contributed by atoms with Crippen LogP contribution in [0, 0.1) is 6.92 Å². The standard InChI is InChI=1S/C15H21NO3/c1-11-3-4-12(9-14(11)15(17)18)10-16-7-5-13(19-2)6-8-16/h3-4,9,13H,5-8,10H2,1-2H3,(H,17,18). The molecule has 19 heavy (non-hydrogen) atoms. The maximum Gasteiger partial charge on any atom is 0.335 e. The lowest BCUT2D eigenvalue weighted by Gasteiger charge is -2.31. The van der Waals surface area contributed by atoms with Gasteiger partial charge in [-0.25, -0.2) is 4.79 Å². The molecule has 4 heteroatoms. The quantitative estimate of drug-likeness (QED) is 0.905. The van der Waals surface area contributed by atoms with E-state index in [2.05, 4.69) is 4.90 Å². The van der Waals surface area contributed by atoms with Gasteiger partial charge in [-0.05, 0) is 37.0 Å². The number of aromatic carboxylic acids is 1. The van der Waals surface area contributed by atoms with Gasteiger partial charge in [-0.3, -0.25) is 4.90 Å². The fourth-order valence-electron chi connectivity index (χ4n) is 2.56. The number of hydrogen-bond acceptors (Lipinski definition) is 3. The van der Waals surface area contributed by atoms with E-state index in [4.69, 9.17) is 9.84 Å². The van der Waals surface area contributed by atoms with Crippen LogP contribution >= 0.6 is 0 Å². The normalized spacial score (nSPS) is 17.6. The van der Waals surface area contributed by atoms with E-state index in [1.807, 2.05) is 19.1 Å². The molecule has 1 N–H and O–H groups in total. The number of carboxylic acids is 1. The number of aryl methyl sites for hydroxylation is 1. The van der Waals surface area contributed by atoms with E-state index in [1.54, 1.807) is 13.2 Å². The Morgan fingerprint density at radius 3 is 2.68 bits per heavy atom. The third kappa shape index (κ3) is 3.55. The SMILES string of the molecule is COC1CCN(Cc2ccc(C)c(C(=O)O)c2)CC1. The molecular weight excluding hydrogens is 242 g/mol. The summed E-state index contributed by atoms with van der Waals surface area (Å²) in [6.45, 7) is 4.66. The second-order valence-electron chi connectivity index (χ2n) is 5.17. The zero-order chi connectivity index (χ0) is 13.8. The molecule has 0 aromatic heterocycles. The Labute approximate surface area is 114 Å². The summed E-state index contributed by atoms with van der Waals surface area (Å²) < 4.78 is 5.35. The molecule has 4 nitrogen and oxygen atoms in total. The lowest BCUT2D eigenvalue weighted by Crippen LogP contribution is -2.36. The predicted octanol–water partition coefficient (Wildman–Crippen LogP) is 2.30. The maximum absolute atomic E-state index is 11.1. The molecule has 1 heterocycles. The molecule has 0 aliphatic carbocycles. The van der Waals surface area contributed by atoms with Gasteiger partial charge in [0.15, 0.2) is 0 Å². The molecule has 1 aromatic carbocycles. The van der Waals surface area contributed by atoms with Crippen LogP contribution in [0.15, 0.2) is 18.2 Å². The number of benzene rings is 1. The summed E-state index contributed by atoms with van der Waals surface area (Å²) in [6.07, 6.45) is 2.48. The summed E-state index contributed by atoms with van der Waals surface area (Å²) >= 11 is 0. The van der Waals surface area contributed by atoms with Crippen LogP contribution in [0.25, 0.3) is 0 Å². The Balaban J connectivity index is 2.00. The van der Waals surface area contributed by atoms with Gasteiger partial charge in [0.1, 0.15) is 0 Å². The van der Waals surface area contributed by atoms with Crippen molar-refractivity contribution in [2.75, 3.05) is 20.2 Å². The second kappa shape index (κ2) is 6.17. The molecule has 0 spiro atoms. The zero-order valence-electron chi connectivity index (χ0n) is 11.6. The van der Waals surface area contributed by atoms with Crippen molar-refractivity contribution >= 4 is 5.97 Å². The van der Waals surface area contributed by atoms with Gasteiger partial charge in [0.2, 0.25) is 0 Å². The molecule has 0 bridgehead atoms. The van der Waals surface area contributed by atoms with Crippen molar-refractivity contribution in [2.24, 2.45) is 0 Å². The number of methoxy groups -OCH3 is 1. The first kappa shape index (κ1) is 14.0. The summed E-state index contributed by atoms with van der Waals surface area (Å²) in [4.78, 5) is 13.5. The molecular formula is C15H21NO3. The van der Waals surface area contributed by atoms with Gasteiger partial charge in [0.25, 0.3) is 0 Å². The van der Waals surface area contributed by atoms with Gasteiger partial charge in [-0.1, -0.05) is 12.1 Å². The molecule has 1 fully saturated rings. The van der Waals surface area contributed by atoms with Crippen molar-refractivity contribution in [3.8, 4) is 0 Å². The number of ether oxygens (including phenoxy) is 1. The third-order valence-corrected chi connectivity index (χ3v) is 3.81. The third-order valence-electron chi connectivity index (χ3n) is 3.81. The van der Waals surface area contributed by atoms with Crippen molar-refractivity contribution in [3.63, 3.8) is 0 Å². The molecule has 0 saturated carbocycles. The maximum atomic E-state index is 11.1. The Hall–Kier alpha value is -1.39. The van der Waals surface area contributed by atoms with Crippen LogP contribution in [-0.4, -0.2) is 42.3 Å². The Bertz CT molecular complexity index is 451. The van der Waals surface area contributed by atoms with Crippen LogP contribution in [0.3, 0.4) is 0 Å². The van der Waals surface area contributed by atoms with Crippen LogP contribution < -0.4 is 0 Å². The van der Waals surface area contributed by atoms with E-state index in [-0.39, 0.29) is 0 Å². The molecule has 1 aliphatic heterocycles. The first-order valence-electron chi connectivity index (χ1n) is 6.68. The Morgan fingerprint density at radius 2 is 2.11 bits per heavy atom. The van der Waals surface area contributed by atoms with E-state index in [0.29, 0.717) is 11.7 Å². The smallest absolute Gasteiger partial charge is 0.335 e. The number of carboxylic acid groups (broad SMARTS) is 1. The van der Waals surface area contributed by atoms with Gasteiger partial charge in [-0.15, -0.1) is 0 Å². The van der Waals surface area contributed by atoms with Crippen LogP contribution in [0.2, 0.25) is 0 Å². The average Bonchev–Trinajstić information content (AvgIpc) is 2.41. The van der Waals surface area contributed by atoms with Crippen molar-refractivity contribution in [3.05, 3.63) is 34.9 Å². The second-order valence-corrected chi connectivity index (χ2v) is 5.17. The highest BCUT2D eigenvalue weighted by atomic mass is 16.5. The largest absolute Gasteiger partial charge is 0.478 e. The van der Waals surface area contributed by atoms with Crippen LogP contribution in [0.1, 0.15) is 34.3 Å². The lowest BCUT2D eigenvalue weighted by atomic mass is 10.0. The number of nitrogens with zero attached hydrogens (tertiary/aromatic N) is 1. The molecule has 0 amide bonds. The fourth-order valence-corrected chi connectivity index (χ4v) is 2.56. The summed E-state index contributed by atoms with van der Waals surface area (Å²) in [5, 5.41) is 9.13. The molecule has 0 radical (unpaired) electrons. The van der Waals surface area contributed by atoms with E-state index >= 15 is 0 Å². The molecule has 0 unspecified atom stereocenters. The molecule has 2 rings (SSSR count). The zero-order valence-corrected chi connectivity index (χ0v) is 11.6. The van der Waals surface area contributed by atoms with Crippen molar-refractivity contribution < 1.29 is 14.6 Å². The minimum atomic E-state index is -0.850. The Kier molecular flexibility index (Phi) is 4.56. The summed E-state index contributed by atoms with van der Waals surface area (Å²) in [5.74, 6) is -0.850. The molecule has 1 aliphatic rings. The highest BCUT2D eigenvalue weighted by Crippen LogP contribution is 2.17. The van der Waals surface area contributed by atoms with Gasteiger partial charge in [-0.2, -0.15) is 0 Å². The summed E-state index contributed by atoms with van der Waals surface area (Å²) in [5.41, 5.74) is 2.29. The van der Waals surface area contributed by atoms with Crippen molar-refractivity contribution in [1.82, 2.24) is 4.90 Å². The summed E-state index contributed by atoms with van der Waals surface area (Å²) in [6, 6.07) is 5.70. The highest BCUT2D eigenvalue weighted by molar-refractivity contribution is 5.89. The number of piperidine rings is 1. The molecule has 1 saturated heterocycles. The van der Waals surface area contributed by atoms with Gasteiger partial charge < -0.3 is 9.84 Å². The van der Waals surface area contributed by atoms with E-state index < -0.39 is 5.97 Å². The minimum absolute atomic E-state index is 0.379. The number of carbonyl (C=O) groups is 1. The first-order chi connectivity index (χ1) is 9.10. The van der Waals surface area contributed by atoms with E-state index in [1.165, 1.54) is 0 Å². The van der Waals surface area contributed by atoms with E-state index in [9.17, 15) is 4.79 Å². The van der Waals surface area contributed by atoms with Gasteiger partial charge >= 0.3 is 5.97 Å². The first-order valence-corrected chi connectivity index (χ1v) is 6.68. The van der Waals surface area contributed by atoms with Crippen molar-refractivity contribution in [2.45, 2.75) is 32.4 Å². The van der Waals surface area contributed by atoms with Crippen LogP contribution in [0.4, 0.5) is 0 Å². The van der Waals surface area contributed by atoms with Gasteiger partial charge in [0, 0.05) is 26.7 Å². The van der Waals surface area contributed by atoms with Gasteiger partial charge in [0.05, 0.1) is 11.7 Å². The molecule has 104 valence electrons. The molecule has 0 atom stereocenters. The topological polar surface area (TPSA) is 49.8 Å². The monoisotopic (exact) mass is 263 g/mol. The minimum Gasteiger partial charge on any atom is -0.478 e. The lowest BCUT2D eigenvalue weighted by molar-refractivity contribution is 0.0388. The van der Waals surface area contributed by atoms with Crippen LogP contribution in [-0.2, 0) is 11.3 Å². The van der Waals surface area contributed by atoms with E-state index in [0.717, 1.165) is 43.6 Å². The van der Waals surface area contributed by atoms with Crippen LogP contribution in [0.5, 0.6) is 0 Å². The highest BCUT2D eigenvalue weighted by Gasteiger charge is 2.19. The molecule has 1 aromatic rings. The predicted molar refractivity (Wildman–Crippen MR) is 73.4 cm³/mol.